The molecule has 2 heterocycles. The van der Waals surface area contributed by atoms with Crippen molar-refractivity contribution in [3.8, 4) is 11.6 Å². The summed E-state index contributed by atoms with van der Waals surface area (Å²) in [4.78, 5) is 17.2. The largest absolute Gasteiger partial charge is 0.493 e. The van der Waals surface area contributed by atoms with Crippen molar-refractivity contribution in [2.45, 2.75) is 23.9 Å². The highest BCUT2D eigenvalue weighted by atomic mass is 32.2. The molecule has 30 heavy (non-hydrogen) atoms. The number of pyridine rings is 1. The van der Waals surface area contributed by atoms with E-state index >= 15 is 0 Å². The third-order valence-electron chi connectivity index (χ3n) is 4.67. The summed E-state index contributed by atoms with van der Waals surface area (Å²) in [6.45, 7) is 2.17. The number of aromatic nitrogens is 3. The van der Waals surface area contributed by atoms with Crippen LogP contribution in [0.3, 0.4) is 0 Å². The Kier molecular flexibility index (Phi) is 5.07. The smallest absolute Gasteiger partial charge is 0.446 e. The minimum atomic E-state index is -4.39. The van der Waals surface area contributed by atoms with Crippen LogP contribution in [0.1, 0.15) is 11.1 Å². The van der Waals surface area contributed by atoms with Crippen LogP contribution in [0.2, 0.25) is 0 Å². The van der Waals surface area contributed by atoms with Gasteiger partial charge in [-0.2, -0.15) is 13.2 Å². The Morgan fingerprint density at radius 1 is 1.10 bits per heavy atom. The molecular formula is C21H16F3N3O2S. The molecule has 4 aromatic rings. The number of fused-ring (bicyclic) bond motifs is 1. The van der Waals surface area contributed by atoms with Crippen molar-refractivity contribution in [1.29, 1.82) is 0 Å². The average molecular weight is 431 g/mol. The highest BCUT2D eigenvalue weighted by molar-refractivity contribution is 8.00. The van der Waals surface area contributed by atoms with Crippen LogP contribution >= 0.6 is 11.8 Å². The van der Waals surface area contributed by atoms with E-state index in [0.29, 0.717) is 0 Å². The number of hydrogen-bond donors (Lipinski definition) is 1. The molecule has 0 atom stereocenters. The van der Waals surface area contributed by atoms with E-state index in [4.69, 9.17) is 0 Å². The standard InChI is InChI=1S/C21H16F3N3O2S/c1-13-3-2-4-17-19(13)14(9-10-25-17)11-26-12-18(28)27(20(26)29)15-5-7-16(8-6-15)30-21(22,23)24/h2-10,12,28H,11H2,1H3. The molecule has 2 aromatic heterocycles. The van der Waals surface area contributed by atoms with E-state index < -0.39 is 11.2 Å². The van der Waals surface area contributed by atoms with Gasteiger partial charge in [-0.15, -0.1) is 0 Å². The zero-order chi connectivity index (χ0) is 21.5. The summed E-state index contributed by atoms with van der Waals surface area (Å²) >= 11 is -0.239. The van der Waals surface area contributed by atoms with Gasteiger partial charge in [-0.05, 0) is 66.2 Å². The maximum Gasteiger partial charge on any atom is 0.446 e. The third-order valence-corrected chi connectivity index (χ3v) is 5.41. The van der Waals surface area contributed by atoms with Crippen molar-refractivity contribution in [3.63, 3.8) is 0 Å². The Hall–Kier alpha value is -3.20. The molecular weight excluding hydrogens is 415 g/mol. The lowest BCUT2D eigenvalue weighted by Crippen LogP contribution is -2.23. The number of thioether (sulfide) groups is 1. The fourth-order valence-electron chi connectivity index (χ4n) is 3.42. The number of hydrogen-bond acceptors (Lipinski definition) is 4. The molecule has 0 bridgehead atoms. The lowest BCUT2D eigenvalue weighted by Gasteiger charge is -2.09. The second-order valence-electron chi connectivity index (χ2n) is 6.71. The molecule has 1 N–H and O–H groups in total. The molecule has 2 aromatic carbocycles. The molecule has 4 rings (SSSR count). The van der Waals surface area contributed by atoms with Crippen LogP contribution < -0.4 is 5.69 Å². The van der Waals surface area contributed by atoms with E-state index in [9.17, 15) is 23.1 Å². The van der Waals surface area contributed by atoms with Crippen molar-refractivity contribution < 1.29 is 18.3 Å². The van der Waals surface area contributed by atoms with E-state index in [-0.39, 0.29) is 34.8 Å². The Bertz CT molecular complexity index is 1270. The fraction of sp³-hybridized carbons (Fsp3) is 0.143. The molecule has 0 amide bonds. The number of halogens is 3. The summed E-state index contributed by atoms with van der Waals surface area (Å²) in [6.07, 6.45) is 2.97. The normalized spacial score (nSPS) is 11.9. The SMILES string of the molecule is Cc1cccc2nccc(Cn3cc(O)n(-c4ccc(SC(F)(F)F)cc4)c3=O)c12. The maximum absolute atomic E-state index is 12.9. The highest BCUT2D eigenvalue weighted by Crippen LogP contribution is 2.37. The first kappa shape index (κ1) is 20.1. The van der Waals surface area contributed by atoms with Gasteiger partial charge in [0.05, 0.1) is 23.9 Å². The monoisotopic (exact) mass is 431 g/mol. The van der Waals surface area contributed by atoms with Gasteiger partial charge in [0.25, 0.3) is 0 Å². The minimum Gasteiger partial charge on any atom is -0.493 e. The number of aromatic hydroxyl groups is 1. The van der Waals surface area contributed by atoms with Gasteiger partial charge in [0.2, 0.25) is 5.88 Å². The number of nitrogens with zero attached hydrogens (tertiary/aromatic N) is 3. The van der Waals surface area contributed by atoms with Gasteiger partial charge in [0.15, 0.2) is 0 Å². The number of rotatable bonds is 4. The molecule has 0 radical (unpaired) electrons. The second-order valence-corrected chi connectivity index (χ2v) is 7.85. The summed E-state index contributed by atoms with van der Waals surface area (Å²) in [5.74, 6) is -0.300. The van der Waals surface area contributed by atoms with E-state index in [2.05, 4.69) is 4.98 Å². The minimum absolute atomic E-state index is 0.00282. The zero-order valence-electron chi connectivity index (χ0n) is 15.7. The van der Waals surface area contributed by atoms with Crippen molar-refractivity contribution in [2.24, 2.45) is 0 Å². The lowest BCUT2D eigenvalue weighted by molar-refractivity contribution is -0.0328. The summed E-state index contributed by atoms with van der Waals surface area (Å²) in [6, 6.07) is 12.8. The molecule has 9 heteroatoms. The van der Waals surface area contributed by atoms with E-state index in [1.165, 1.54) is 35.0 Å². The van der Waals surface area contributed by atoms with Crippen molar-refractivity contribution >= 4 is 22.7 Å². The van der Waals surface area contributed by atoms with Gasteiger partial charge in [0, 0.05) is 16.5 Å². The van der Waals surface area contributed by atoms with Crippen molar-refractivity contribution in [3.05, 3.63) is 82.5 Å². The summed E-state index contributed by atoms with van der Waals surface area (Å²) in [5.41, 5.74) is -1.92. The molecule has 0 aliphatic heterocycles. The van der Waals surface area contributed by atoms with Gasteiger partial charge in [-0.25, -0.2) is 9.36 Å². The predicted octanol–water partition coefficient (Wildman–Crippen LogP) is 4.86. The molecule has 0 aliphatic rings. The fourth-order valence-corrected chi connectivity index (χ4v) is 3.95. The van der Waals surface area contributed by atoms with E-state index in [0.717, 1.165) is 26.6 Å². The summed E-state index contributed by atoms with van der Waals surface area (Å²) in [5, 5.41) is 11.2. The van der Waals surface area contributed by atoms with Crippen molar-refractivity contribution in [2.75, 3.05) is 0 Å². The Morgan fingerprint density at radius 2 is 1.83 bits per heavy atom. The lowest BCUT2D eigenvalue weighted by atomic mass is 10.0. The molecule has 0 unspecified atom stereocenters. The first-order valence-corrected chi connectivity index (χ1v) is 9.75. The molecule has 0 saturated heterocycles. The van der Waals surface area contributed by atoms with Gasteiger partial charge >= 0.3 is 11.2 Å². The molecule has 0 saturated carbocycles. The van der Waals surface area contributed by atoms with Crippen LogP contribution in [-0.4, -0.2) is 24.7 Å². The van der Waals surface area contributed by atoms with Crippen LogP contribution in [0, 0.1) is 6.92 Å². The number of aryl methyl sites for hydroxylation is 1. The third kappa shape index (κ3) is 3.93. The van der Waals surface area contributed by atoms with Crippen LogP contribution in [0.25, 0.3) is 16.6 Å². The molecule has 0 spiro atoms. The zero-order valence-corrected chi connectivity index (χ0v) is 16.5. The van der Waals surface area contributed by atoms with Crippen LogP contribution in [0.4, 0.5) is 13.2 Å². The molecule has 0 aliphatic carbocycles. The van der Waals surface area contributed by atoms with E-state index in [1.807, 2.05) is 31.2 Å². The first-order chi connectivity index (χ1) is 14.2. The first-order valence-electron chi connectivity index (χ1n) is 8.93. The van der Waals surface area contributed by atoms with Gasteiger partial charge < -0.3 is 5.11 Å². The number of imidazole rings is 1. The Labute approximate surface area is 173 Å². The Morgan fingerprint density at radius 3 is 2.53 bits per heavy atom. The van der Waals surface area contributed by atoms with Crippen LogP contribution in [0.15, 0.2) is 70.6 Å². The molecule has 5 nitrogen and oxygen atoms in total. The number of benzene rings is 2. The summed E-state index contributed by atoms with van der Waals surface area (Å²) in [7, 11) is 0. The molecule has 0 fully saturated rings. The van der Waals surface area contributed by atoms with Gasteiger partial charge in [-0.1, -0.05) is 12.1 Å². The van der Waals surface area contributed by atoms with Gasteiger partial charge in [-0.3, -0.25) is 9.55 Å². The summed E-state index contributed by atoms with van der Waals surface area (Å²) < 4.78 is 39.9. The quantitative estimate of drug-likeness (QED) is 0.469. The number of alkyl halides is 3. The van der Waals surface area contributed by atoms with Crippen LogP contribution in [-0.2, 0) is 6.54 Å². The molecule has 154 valence electrons. The van der Waals surface area contributed by atoms with E-state index in [1.54, 1.807) is 6.20 Å². The predicted molar refractivity (Wildman–Crippen MR) is 109 cm³/mol. The van der Waals surface area contributed by atoms with Crippen molar-refractivity contribution in [1.82, 2.24) is 14.1 Å². The topological polar surface area (TPSA) is 60.0 Å². The maximum atomic E-state index is 12.9. The Balaban J connectivity index is 1.70. The van der Waals surface area contributed by atoms with Crippen LogP contribution in [0.5, 0.6) is 5.88 Å². The van der Waals surface area contributed by atoms with Gasteiger partial charge in [0.1, 0.15) is 0 Å². The highest BCUT2D eigenvalue weighted by Gasteiger charge is 2.29. The average Bonchev–Trinajstić information content (AvgIpc) is 2.95. The second kappa shape index (κ2) is 7.56.